The Bertz CT molecular complexity index is 987. The molecule has 0 aliphatic carbocycles. The minimum atomic E-state index is -0.869. The predicted molar refractivity (Wildman–Crippen MR) is 108 cm³/mol. The van der Waals surface area contributed by atoms with Crippen LogP contribution in [0.15, 0.2) is 18.2 Å². The number of fused-ring (bicyclic) bond motifs is 2. The van der Waals surface area contributed by atoms with Gasteiger partial charge in [-0.05, 0) is 64.4 Å². The molecule has 4 rings (SSSR count). The molecule has 2 aromatic rings. The van der Waals surface area contributed by atoms with E-state index in [2.05, 4.69) is 16.0 Å². The fourth-order valence-electron chi connectivity index (χ4n) is 5.08. The fourth-order valence-corrected chi connectivity index (χ4v) is 5.08. The van der Waals surface area contributed by atoms with Crippen LogP contribution in [-0.4, -0.2) is 65.0 Å². The first-order valence-corrected chi connectivity index (χ1v) is 9.81. The van der Waals surface area contributed by atoms with Crippen molar-refractivity contribution in [2.45, 2.75) is 27.2 Å². The van der Waals surface area contributed by atoms with Gasteiger partial charge in [0.25, 0.3) is 5.91 Å². The summed E-state index contributed by atoms with van der Waals surface area (Å²) in [5, 5.41) is 10.9. The lowest BCUT2D eigenvalue weighted by molar-refractivity contribution is -0.153. The van der Waals surface area contributed by atoms with Crippen molar-refractivity contribution in [3.63, 3.8) is 0 Å². The Morgan fingerprint density at radius 2 is 1.93 bits per heavy atom. The van der Waals surface area contributed by atoms with Gasteiger partial charge in [0.1, 0.15) is 5.41 Å². The Morgan fingerprint density at radius 3 is 2.64 bits per heavy atom. The summed E-state index contributed by atoms with van der Waals surface area (Å²) in [4.78, 5) is 34.2. The Labute approximate surface area is 165 Å². The number of carboxylic acids is 1. The van der Waals surface area contributed by atoms with Gasteiger partial charge in [0.05, 0.1) is 11.1 Å². The number of likely N-dealkylation sites (tertiary alicyclic amines) is 2. The normalized spacial score (nSPS) is 25.1. The van der Waals surface area contributed by atoms with Gasteiger partial charge in [0.2, 0.25) is 0 Å². The highest BCUT2D eigenvalue weighted by Crippen LogP contribution is 2.43. The predicted octanol–water partition coefficient (Wildman–Crippen LogP) is 2.64. The van der Waals surface area contributed by atoms with Gasteiger partial charge >= 0.3 is 5.97 Å². The molecule has 1 amide bonds. The van der Waals surface area contributed by atoms with Crippen molar-refractivity contribution in [2.75, 3.05) is 33.2 Å². The average molecular weight is 381 g/mol. The van der Waals surface area contributed by atoms with Crippen LogP contribution in [0.25, 0.3) is 10.9 Å². The maximum Gasteiger partial charge on any atom is 0.313 e. The number of carbonyl (C=O) groups excluding carboxylic acids is 1. The molecular weight excluding hydrogens is 354 g/mol. The van der Waals surface area contributed by atoms with E-state index in [0.29, 0.717) is 18.7 Å². The highest BCUT2D eigenvalue weighted by Gasteiger charge is 2.55. The van der Waals surface area contributed by atoms with E-state index in [0.717, 1.165) is 40.7 Å². The number of amides is 1. The molecule has 2 saturated heterocycles. The molecule has 0 spiro atoms. The average Bonchev–Trinajstić information content (AvgIpc) is 3.01. The molecule has 0 radical (unpaired) electrons. The third-order valence-corrected chi connectivity index (χ3v) is 6.43. The van der Waals surface area contributed by atoms with E-state index >= 15 is 0 Å². The van der Waals surface area contributed by atoms with Crippen molar-refractivity contribution < 1.29 is 14.7 Å². The zero-order valence-corrected chi connectivity index (χ0v) is 17.0. The van der Waals surface area contributed by atoms with Crippen LogP contribution >= 0.6 is 0 Å². The van der Waals surface area contributed by atoms with Gasteiger partial charge in [0, 0.05) is 30.7 Å². The van der Waals surface area contributed by atoms with E-state index in [1.54, 1.807) is 4.90 Å². The Hall–Kier alpha value is -2.47. The first-order valence-electron chi connectivity index (χ1n) is 9.81. The molecule has 2 aliphatic heterocycles. The number of aliphatic carboxylic acids is 1. The number of carbonyl (C=O) groups is 2. The quantitative estimate of drug-likeness (QED) is 0.866. The number of aromatic nitrogens is 1. The highest BCUT2D eigenvalue weighted by molar-refractivity contribution is 6.07. The van der Waals surface area contributed by atoms with E-state index < -0.39 is 11.4 Å². The summed E-state index contributed by atoms with van der Waals surface area (Å²) in [5.74, 6) is -0.872. The van der Waals surface area contributed by atoms with Crippen LogP contribution in [0.5, 0.6) is 0 Å². The molecule has 2 fully saturated rings. The molecule has 0 saturated carbocycles. The topological polar surface area (TPSA) is 73.7 Å². The number of hydrogen-bond donors (Lipinski definition) is 1. The Morgan fingerprint density at radius 1 is 1.18 bits per heavy atom. The van der Waals surface area contributed by atoms with Gasteiger partial charge in [-0.2, -0.15) is 0 Å². The maximum absolute atomic E-state index is 13.5. The Balaban J connectivity index is 1.76. The molecule has 1 aromatic heterocycles. The first-order chi connectivity index (χ1) is 13.2. The minimum absolute atomic E-state index is 0.00261. The number of pyridine rings is 1. The van der Waals surface area contributed by atoms with Gasteiger partial charge in [-0.1, -0.05) is 11.6 Å². The molecule has 3 heterocycles. The van der Waals surface area contributed by atoms with E-state index in [4.69, 9.17) is 0 Å². The molecule has 1 aromatic carbocycles. The number of carboxylic acid groups (broad SMARTS) is 1. The monoisotopic (exact) mass is 381 g/mol. The molecule has 148 valence electrons. The summed E-state index contributed by atoms with van der Waals surface area (Å²) in [6, 6.07) is 5.92. The second kappa shape index (κ2) is 6.55. The highest BCUT2D eigenvalue weighted by atomic mass is 16.4. The van der Waals surface area contributed by atoms with Crippen LogP contribution in [-0.2, 0) is 4.79 Å². The largest absolute Gasteiger partial charge is 0.481 e. The van der Waals surface area contributed by atoms with Crippen LogP contribution in [0.4, 0.5) is 0 Å². The molecule has 28 heavy (non-hydrogen) atoms. The standard InChI is InChI=1S/C22H27N3O3/c1-13-7-14(2)19-17(8-13)18(9-15(3)23-19)20(26)25-10-16-5-6-24(4)11-22(16,12-25)21(27)28/h7-9,16H,5-6,10-12H2,1-4H3,(H,27,28)/t16-,22-/m0/s1. The number of hydrogen-bond acceptors (Lipinski definition) is 4. The zero-order chi connectivity index (χ0) is 20.2. The van der Waals surface area contributed by atoms with E-state index in [-0.39, 0.29) is 18.4 Å². The van der Waals surface area contributed by atoms with Crippen LogP contribution in [0.1, 0.15) is 33.6 Å². The molecule has 0 unspecified atom stereocenters. The Kier molecular flexibility index (Phi) is 4.42. The lowest BCUT2D eigenvalue weighted by Gasteiger charge is -2.39. The van der Waals surface area contributed by atoms with Crippen molar-refractivity contribution in [2.24, 2.45) is 11.3 Å². The maximum atomic E-state index is 13.5. The van der Waals surface area contributed by atoms with Crippen LogP contribution in [0.3, 0.4) is 0 Å². The summed E-state index contributed by atoms with van der Waals surface area (Å²) in [6.45, 7) is 8.06. The van der Waals surface area contributed by atoms with E-state index in [9.17, 15) is 14.7 Å². The van der Waals surface area contributed by atoms with Gasteiger partial charge in [-0.15, -0.1) is 0 Å². The van der Waals surface area contributed by atoms with Gasteiger partial charge in [-0.3, -0.25) is 14.6 Å². The second-order valence-electron chi connectivity index (χ2n) is 8.66. The molecule has 1 N–H and O–H groups in total. The van der Waals surface area contributed by atoms with E-state index in [1.807, 2.05) is 40.0 Å². The zero-order valence-electron chi connectivity index (χ0n) is 17.0. The van der Waals surface area contributed by atoms with Crippen LogP contribution < -0.4 is 0 Å². The van der Waals surface area contributed by atoms with Crippen LogP contribution in [0, 0.1) is 32.1 Å². The first kappa shape index (κ1) is 18.9. The summed E-state index contributed by atoms with van der Waals surface area (Å²) in [6.07, 6.45) is 0.806. The van der Waals surface area contributed by atoms with Crippen molar-refractivity contribution in [3.05, 3.63) is 40.6 Å². The summed E-state index contributed by atoms with van der Waals surface area (Å²) in [7, 11) is 1.96. The van der Waals surface area contributed by atoms with Crippen molar-refractivity contribution in [3.8, 4) is 0 Å². The SMILES string of the molecule is Cc1cc(C)c2nc(C)cc(C(=O)N3C[C@@H]4CCN(C)C[C@]4(C(=O)O)C3)c2c1. The summed E-state index contributed by atoms with van der Waals surface area (Å²) >= 11 is 0. The fraction of sp³-hybridized carbons (Fsp3) is 0.500. The third kappa shape index (κ3) is 2.87. The second-order valence-corrected chi connectivity index (χ2v) is 8.66. The van der Waals surface area contributed by atoms with Gasteiger partial charge < -0.3 is 14.9 Å². The minimum Gasteiger partial charge on any atom is -0.481 e. The van der Waals surface area contributed by atoms with Crippen molar-refractivity contribution >= 4 is 22.8 Å². The number of benzene rings is 1. The molecule has 2 atom stereocenters. The van der Waals surface area contributed by atoms with Crippen LogP contribution in [0.2, 0.25) is 0 Å². The molecular formula is C22H27N3O3. The van der Waals surface area contributed by atoms with Crippen molar-refractivity contribution in [1.82, 2.24) is 14.8 Å². The van der Waals surface area contributed by atoms with E-state index in [1.165, 1.54) is 0 Å². The molecule has 6 nitrogen and oxygen atoms in total. The lowest BCUT2D eigenvalue weighted by Crippen LogP contribution is -2.52. The van der Waals surface area contributed by atoms with Gasteiger partial charge in [-0.25, -0.2) is 0 Å². The number of rotatable bonds is 2. The summed E-state index contributed by atoms with van der Waals surface area (Å²) in [5.41, 5.74) is 3.54. The molecule has 2 aliphatic rings. The smallest absolute Gasteiger partial charge is 0.313 e. The number of piperidine rings is 1. The number of nitrogens with zero attached hydrogens (tertiary/aromatic N) is 3. The van der Waals surface area contributed by atoms with Gasteiger partial charge in [0.15, 0.2) is 0 Å². The number of aryl methyl sites for hydroxylation is 3. The molecule has 6 heteroatoms. The lowest BCUT2D eigenvalue weighted by atomic mass is 9.73. The third-order valence-electron chi connectivity index (χ3n) is 6.43. The molecule has 0 bridgehead atoms. The van der Waals surface area contributed by atoms with Crippen molar-refractivity contribution in [1.29, 1.82) is 0 Å². The summed E-state index contributed by atoms with van der Waals surface area (Å²) < 4.78 is 0.